The van der Waals surface area contributed by atoms with Crippen LogP contribution in [0.15, 0.2) is 24.8 Å². The molecule has 1 heteroatoms. The van der Waals surface area contributed by atoms with Crippen LogP contribution in [0, 0.1) is 0 Å². The van der Waals surface area contributed by atoms with Crippen LogP contribution >= 0.6 is 0 Å². The van der Waals surface area contributed by atoms with Crippen LogP contribution in [-0.4, -0.2) is 5.78 Å². The van der Waals surface area contributed by atoms with Gasteiger partial charge in [0.25, 0.3) is 0 Å². The molecule has 0 aromatic carbocycles. The summed E-state index contributed by atoms with van der Waals surface area (Å²) in [6.45, 7) is 5.72. The van der Waals surface area contributed by atoms with Gasteiger partial charge in [-0.1, -0.05) is 51.0 Å². The minimum absolute atomic E-state index is 0.342. The molecule has 0 aliphatic heterocycles. The highest BCUT2D eigenvalue weighted by molar-refractivity contribution is 5.79. The maximum Gasteiger partial charge on any atom is 0.136 e. The molecule has 13 heavy (non-hydrogen) atoms. The molecule has 0 spiro atoms. The highest BCUT2D eigenvalue weighted by Gasteiger charge is 1.97. The third kappa shape index (κ3) is 9.06. The van der Waals surface area contributed by atoms with Gasteiger partial charge in [-0.2, -0.15) is 0 Å². The van der Waals surface area contributed by atoms with Crippen LogP contribution in [0.1, 0.15) is 45.4 Å². The number of hydrogen-bond donors (Lipinski definition) is 0. The number of rotatable bonds is 8. The second kappa shape index (κ2) is 9.24. The van der Waals surface area contributed by atoms with Crippen molar-refractivity contribution >= 4 is 5.78 Å². The normalized spacial score (nSPS) is 10.5. The van der Waals surface area contributed by atoms with E-state index < -0.39 is 0 Å². The molecule has 0 aromatic rings. The highest BCUT2D eigenvalue weighted by atomic mass is 16.1. The van der Waals surface area contributed by atoms with E-state index in [4.69, 9.17) is 0 Å². The highest BCUT2D eigenvalue weighted by Crippen LogP contribution is 2.04. The summed E-state index contributed by atoms with van der Waals surface area (Å²) in [7, 11) is 0. The van der Waals surface area contributed by atoms with Gasteiger partial charge < -0.3 is 0 Å². The lowest BCUT2D eigenvalue weighted by Gasteiger charge is -1.96. The van der Waals surface area contributed by atoms with E-state index in [1.165, 1.54) is 19.3 Å². The lowest BCUT2D eigenvalue weighted by molar-refractivity contribution is -0.118. The number of carbonyl (C=O) groups is 1. The summed E-state index contributed by atoms with van der Waals surface area (Å²) in [5, 5.41) is 0. The lowest BCUT2D eigenvalue weighted by atomic mass is 10.1. The van der Waals surface area contributed by atoms with E-state index in [1.807, 2.05) is 12.2 Å². The van der Waals surface area contributed by atoms with Crippen molar-refractivity contribution in [2.45, 2.75) is 45.4 Å². The SMILES string of the molecule is C=CC=CCC(=O)CCCCCC. The van der Waals surface area contributed by atoms with Crippen LogP contribution in [0.4, 0.5) is 0 Å². The summed E-state index contributed by atoms with van der Waals surface area (Å²) >= 11 is 0. The quantitative estimate of drug-likeness (QED) is 0.411. The van der Waals surface area contributed by atoms with E-state index >= 15 is 0 Å². The van der Waals surface area contributed by atoms with Gasteiger partial charge in [0.2, 0.25) is 0 Å². The Morgan fingerprint density at radius 3 is 2.69 bits per heavy atom. The molecule has 0 aliphatic carbocycles. The van der Waals surface area contributed by atoms with Gasteiger partial charge in [0.15, 0.2) is 0 Å². The van der Waals surface area contributed by atoms with Gasteiger partial charge in [-0.15, -0.1) is 0 Å². The zero-order chi connectivity index (χ0) is 9.94. The van der Waals surface area contributed by atoms with Crippen molar-refractivity contribution in [3.8, 4) is 0 Å². The van der Waals surface area contributed by atoms with Gasteiger partial charge >= 0.3 is 0 Å². The second-order valence-electron chi connectivity index (χ2n) is 3.22. The first-order valence-electron chi connectivity index (χ1n) is 5.10. The largest absolute Gasteiger partial charge is 0.299 e. The fourth-order valence-corrected chi connectivity index (χ4v) is 1.15. The van der Waals surface area contributed by atoms with E-state index in [0.29, 0.717) is 12.2 Å². The molecular formula is C12H20O. The van der Waals surface area contributed by atoms with E-state index in [1.54, 1.807) is 6.08 Å². The first-order valence-corrected chi connectivity index (χ1v) is 5.10. The number of hydrogen-bond acceptors (Lipinski definition) is 1. The Labute approximate surface area is 81.5 Å². The van der Waals surface area contributed by atoms with Crippen LogP contribution in [0.3, 0.4) is 0 Å². The van der Waals surface area contributed by atoms with Crippen molar-refractivity contribution in [1.82, 2.24) is 0 Å². The molecule has 0 saturated heterocycles. The molecule has 0 fully saturated rings. The minimum atomic E-state index is 0.342. The molecule has 74 valence electrons. The molecule has 0 heterocycles. The average Bonchev–Trinajstić information content (AvgIpc) is 2.13. The maximum absolute atomic E-state index is 11.2. The molecule has 0 radical (unpaired) electrons. The average molecular weight is 180 g/mol. The Kier molecular flexibility index (Phi) is 8.64. The molecule has 0 amide bonds. The molecule has 0 unspecified atom stereocenters. The number of allylic oxidation sites excluding steroid dienone is 3. The van der Waals surface area contributed by atoms with Crippen LogP contribution in [-0.2, 0) is 4.79 Å². The molecule has 0 rings (SSSR count). The zero-order valence-electron chi connectivity index (χ0n) is 8.59. The summed E-state index contributed by atoms with van der Waals surface area (Å²) in [4.78, 5) is 11.2. The Bertz CT molecular complexity index is 168. The van der Waals surface area contributed by atoms with E-state index in [-0.39, 0.29) is 0 Å². The van der Waals surface area contributed by atoms with Gasteiger partial charge in [0, 0.05) is 12.8 Å². The Morgan fingerprint density at radius 1 is 1.31 bits per heavy atom. The molecular weight excluding hydrogens is 160 g/mol. The Balaban J connectivity index is 3.30. The molecule has 0 aliphatic rings. The predicted molar refractivity (Wildman–Crippen MR) is 57.7 cm³/mol. The molecule has 0 bridgehead atoms. The third-order valence-corrected chi connectivity index (χ3v) is 1.93. The number of Topliss-reactive ketones (excluding diaryl/α,β-unsaturated/α-hetero) is 1. The van der Waals surface area contributed by atoms with Crippen LogP contribution in [0.25, 0.3) is 0 Å². The topological polar surface area (TPSA) is 17.1 Å². The standard InChI is InChI=1S/C12H20O/c1-3-5-7-9-11-12(13)10-8-6-4-2/h4,6,8H,2-3,5,7,9-11H2,1H3. The maximum atomic E-state index is 11.2. The van der Waals surface area contributed by atoms with Crippen molar-refractivity contribution in [2.75, 3.05) is 0 Å². The van der Waals surface area contributed by atoms with Gasteiger partial charge in [0.05, 0.1) is 0 Å². The van der Waals surface area contributed by atoms with Crippen molar-refractivity contribution < 1.29 is 4.79 Å². The van der Waals surface area contributed by atoms with Crippen LogP contribution in [0.5, 0.6) is 0 Å². The second-order valence-corrected chi connectivity index (χ2v) is 3.22. The summed E-state index contributed by atoms with van der Waals surface area (Å²) in [5.74, 6) is 0.342. The smallest absolute Gasteiger partial charge is 0.136 e. The number of ketones is 1. The predicted octanol–water partition coefficient (Wildman–Crippen LogP) is 3.66. The number of carbonyl (C=O) groups excluding carboxylic acids is 1. The monoisotopic (exact) mass is 180 g/mol. The molecule has 0 saturated carbocycles. The van der Waals surface area contributed by atoms with Gasteiger partial charge in [-0.25, -0.2) is 0 Å². The van der Waals surface area contributed by atoms with Crippen molar-refractivity contribution in [2.24, 2.45) is 0 Å². The van der Waals surface area contributed by atoms with E-state index in [0.717, 1.165) is 12.8 Å². The Morgan fingerprint density at radius 2 is 2.08 bits per heavy atom. The molecule has 0 aromatic heterocycles. The van der Waals surface area contributed by atoms with Crippen molar-refractivity contribution in [1.29, 1.82) is 0 Å². The van der Waals surface area contributed by atoms with Crippen LogP contribution < -0.4 is 0 Å². The fourth-order valence-electron chi connectivity index (χ4n) is 1.15. The Hall–Kier alpha value is -0.850. The summed E-state index contributed by atoms with van der Waals surface area (Å²) < 4.78 is 0. The van der Waals surface area contributed by atoms with Crippen molar-refractivity contribution in [3.63, 3.8) is 0 Å². The first kappa shape index (κ1) is 12.2. The molecule has 0 atom stereocenters. The number of unbranched alkanes of at least 4 members (excludes halogenated alkanes) is 3. The first-order chi connectivity index (χ1) is 6.31. The molecule has 0 N–H and O–H groups in total. The summed E-state index contributed by atoms with van der Waals surface area (Å²) in [6, 6.07) is 0. The summed E-state index contributed by atoms with van der Waals surface area (Å²) in [5.41, 5.74) is 0. The summed E-state index contributed by atoms with van der Waals surface area (Å²) in [6.07, 6.45) is 11.4. The third-order valence-electron chi connectivity index (χ3n) is 1.93. The molecule has 1 nitrogen and oxygen atoms in total. The van der Waals surface area contributed by atoms with Gasteiger partial charge in [-0.05, 0) is 6.42 Å². The van der Waals surface area contributed by atoms with Gasteiger partial charge in [-0.3, -0.25) is 4.79 Å². The fraction of sp³-hybridized carbons (Fsp3) is 0.583. The minimum Gasteiger partial charge on any atom is -0.299 e. The zero-order valence-corrected chi connectivity index (χ0v) is 8.59. The van der Waals surface area contributed by atoms with E-state index in [9.17, 15) is 4.79 Å². The van der Waals surface area contributed by atoms with E-state index in [2.05, 4.69) is 13.5 Å². The van der Waals surface area contributed by atoms with Gasteiger partial charge in [0.1, 0.15) is 5.78 Å². The van der Waals surface area contributed by atoms with Crippen molar-refractivity contribution in [3.05, 3.63) is 24.8 Å². The van der Waals surface area contributed by atoms with Crippen LogP contribution in [0.2, 0.25) is 0 Å². The lowest BCUT2D eigenvalue weighted by Crippen LogP contribution is -1.94.